The molecule has 0 aliphatic heterocycles. The monoisotopic (exact) mass is 219 g/mol. The van der Waals surface area contributed by atoms with Crippen molar-refractivity contribution >= 4 is 5.91 Å². The highest BCUT2D eigenvalue weighted by Crippen LogP contribution is 2.17. The molecule has 0 bridgehead atoms. The zero-order valence-electron chi connectivity index (χ0n) is 9.16. The Balaban J connectivity index is 2.37. The number of aromatic nitrogens is 4. The van der Waals surface area contributed by atoms with Gasteiger partial charge in [-0.15, -0.1) is 0 Å². The van der Waals surface area contributed by atoms with Crippen LogP contribution in [0.2, 0.25) is 0 Å². The Morgan fingerprint density at radius 3 is 2.81 bits per heavy atom. The van der Waals surface area contributed by atoms with Gasteiger partial charge < -0.3 is 5.73 Å². The van der Waals surface area contributed by atoms with E-state index >= 15 is 0 Å². The van der Waals surface area contributed by atoms with Crippen molar-refractivity contribution in [1.29, 1.82) is 0 Å². The van der Waals surface area contributed by atoms with Crippen LogP contribution in [0.3, 0.4) is 0 Å². The summed E-state index contributed by atoms with van der Waals surface area (Å²) in [5, 5.41) is 8.18. The van der Waals surface area contributed by atoms with Gasteiger partial charge >= 0.3 is 0 Å². The van der Waals surface area contributed by atoms with Crippen molar-refractivity contribution in [3.8, 4) is 0 Å². The molecular formula is C10H13N5O. The molecule has 6 nitrogen and oxygen atoms in total. The van der Waals surface area contributed by atoms with Gasteiger partial charge in [0.25, 0.3) is 5.91 Å². The Hall–Kier alpha value is -2.11. The molecule has 0 aromatic carbocycles. The standard InChI is InChI=1S/C10H13N5O/c1-7(8-5-13-14(2)6-8)15-9(10(11)16)3-4-12-15/h3-7H,1-2H3,(H2,11,16). The van der Waals surface area contributed by atoms with Crippen molar-refractivity contribution in [1.82, 2.24) is 19.6 Å². The predicted molar refractivity (Wildman–Crippen MR) is 57.8 cm³/mol. The molecule has 6 heteroatoms. The van der Waals surface area contributed by atoms with Crippen LogP contribution >= 0.6 is 0 Å². The Morgan fingerprint density at radius 1 is 1.50 bits per heavy atom. The molecule has 84 valence electrons. The third kappa shape index (κ3) is 1.69. The van der Waals surface area contributed by atoms with Crippen LogP contribution in [0, 0.1) is 0 Å². The molecule has 16 heavy (non-hydrogen) atoms. The summed E-state index contributed by atoms with van der Waals surface area (Å²) >= 11 is 0. The summed E-state index contributed by atoms with van der Waals surface area (Å²) in [6, 6.07) is 1.54. The number of nitrogens with two attached hydrogens (primary N) is 1. The summed E-state index contributed by atoms with van der Waals surface area (Å²) in [5.74, 6) is -0.478. The van der Waals surface area contributed by atoms with Crippen LogP contribution in [0.15, 0.2) is 24.7 Å². The van der Waals surface area contributed by atoms with E-state index in [1.165, 1.54) is 0 Å². The fourth-order valence-electron chi connectivity index (χ4n) is 1.62. The van der Waals surface area contributed by atoms with E-state index in [9.17, 15) is 4.79 Å². The first-order chi connectivity index (χ1) is 7.59. The Morgan fingerprint density at radius 2 is 2.25 bits per heavy atom. The van der Waals surface area contributed by atoms with Crippen LogP contribution in [-0.4, -0.2) is 25.5 Å². The van der Waals surface area contributed by atoms with E-state index in [1.54, 1.807) is 27.8 Å². The van der Waals surface area contributed by atoms with Crippen LogP contribution in [0.25, 0.3) is 0 Å². The van der Waals surface area contributed by atoms with Crippen LogP contribution in [0.1, 0.15) is 29.0 Å². The summed E-state index contributed by atoms with van der Waals surface area (Å²) in [5.41, 5.74) is 6.64. The SMILES string of the molecule is CC(c1cnn(C)c1)n1nccc1C(N)=O. The van der Waals surface area contributed by atoms with Gasteiger partial charge in [-0.1, -0.05) is 0 Å². The van der Waals surface area contributed by atoms with Gasteiger partial charge in [-0.05, 0) is 13.0 Å². The molecule has 2 aromatic heterocycles. The number of carbonyl (C=O) groups is 1. The lowest BCUT2D eigenvalue weighted by molar-refractivity contribution is 0.0989. The first-order valence-electron chi connectivity index (χ1n) is 4.91. The molecule has 0 saturated heterocycles. The highest BCUT2D eigenvalue weighted by molar-refractivity contribution is 5.91. The molecule has 2 rings (SSSR count). The van der Waals surface area contributed by atoms with E-state index < -0.39 is 5.91 Å². The van der Waals surface area contributed by atoms with E-state index in [2.05, 4.69) is 10.2 Å². The maximum atomic E-state index is 11.2. The molecule has 0 spiro atoms. The molecule has 0 saturated carbocycles. The minimum atomic E-state index is -0.478. The number of carbonyl (C=O) groups excluding carboxylic acids is 1. The van der Waals surface area contributed by atoms with Crippen molar-refractivity contribution in [2.24, 2.45) is 12.8 Å². The number of nitrogens with zero attached hydrogens (tertiary/aromatic N) is 4. The van der Waals surface area contributed by atoms with Crippen molar-refractivity contribution in [2.75, 3.05) is 0 Å². The van der Waals surface area contributed by atoms with Gasteiger partial charge in [0, 0.05) is 25.0 Å². The largest absolute Gasteiger partial charge is 0.364 e. The molecule has 2 aromatic rings. The third-order valence-corrected chi connectivity index (χ3v) is 2.50. The van der Waals surface area contributed by atoms with Gasteiger partial charge in [0.15, 0.2) is 0 Å². The quantitative estimate of drug-likeness (QED) is 0.807. The second-order valence-corrected chi connectivity index (χ2v) is 3.65. The molecule has 2 heterocycles. The van der Waals surface area contributed by atoms with Crippen molar-refractivity contribution in [3.63, 3.8) is 0 Å². The van der Waals surface area contributed by atoms with Crippen molar-refractivity contribution in [2.45, 2.75) is 13.0 Å². The lowest BCUT2D eigenvalue weighted by Crippen LogP contribution is -2.20. The fraction of sp³-hybridized carbons (Fsp3) is 0.300. The lowest BCUT2D eigenvalue weighted by Gasteiger charge is -2.12. The first kappa shape index (κ1) is 10.4. The van der Waals surface area contributed by atoms with Gasteiger partial charge in [-0.25, -0.2) is 0 Å². The van der Waals surface area contributed by atoms with Crippen LogP contribution in [0.4, 0.5) is 0 Å². The van der Waals surface area contributed by atoms with Gasteiger partial charge in [0.05, 0.1) is 12.2 Å². The van der Waals surface area contributed by atoms with E-state index in [4.69, 9.17) is 5.73 Å². The second kappa shape index (κ2) is 3.80. The van der Waals surface area contributed by atoms with Gasteiger partial charge in [-0.2, -0.15) is 10.2 Å². The van der Waals surface area contributed by atoms with Gasteiger partial charge in [-0.3, -0.25) is 14.2 Å². The smallest absolute Gasteiger partial charge is 0.267 e. The maximum absolute atomic E-state index is 11.2. The zero-order valence-corrected chi connectivity index (χ0v) is 9.16. The minimum Gasteiger partial charge on any atom is -0.364 e. The molecule has 2 N–H and O–H groups in total. The molecular weight excluding hydrogens is 206 g/mol. The van der Waals surface area contributed by atoms with Gasteiger partial charge in [0.1, 0.15) is 5.69 Å². The Kier molecular flexibility index (Phi) is 2.47. The van der Waals surface area contributed by atoms with Crippen LogP contribution in [0.5, 0.6) is 0 Å². The Labute approximate surface area is 92.7 Å². The number of aryl methyl sites for hydroxylation is 1. The molecule has 0 fully saturated rings. The number of rotatable bonds is 3. The normalized spacial score (nSPS) is 12.6. The Bertz CT molecular complexity index is 513. The highest BCUT2D eigenvalue weighted by atomic mass is 16.1. The van der Waals surface area contributed by atoms with E-state index in [1.807, 2.05) is 20.2 Å². The number of hydrogen-bond acceptors (Lipinski definition) is 3. The summed E-state index contributed by atoms with van der Waals surface area (Å²) in [7, 11) is 1.84. The number of primary amides is 1. The maximum Gasteiger partial charge on any atom is 0.267 e. The topological polar surface area (TPSA) is 78.7 Å². The predicted octanol–water partition coefficient (Wildman–Crippen LogP) is 0.325. The average Bonchev–Trinajstić information content (AvgIpc) is 2.84. The molecule has 0 aliphatic rings. The van der Waals surface area contributed by atoms with Gasteiger partial charge in [0.2, 0.25) is 0 Å². The van der Waals surface area contributed by atoms with Crippen molar-refractivity contribution < 1.29 is 4.79 Å². The van der Waals surface area contributed by atoms with Crippen LogP contribution in [-0.2, 0) is 7.05 Å². The lowest BCUT2D eigenvalue weighted by atomic mass is 10.2. The minimum absolute atomic E-state index is 0.0637. The number of hydrogen-bond donors (Lipinski definition) is 1. The second-order valence-electron chi connectivity index (χ2n) is 3.65. The van der Waals surface area contributed by atoms with E-state index in [-0.39, 0.29) is 6.04 Å². The average molecular weight is 219 g/mol. The summed E-state index contributed by atoms with van der Waals surface area (Å²) in [6.45, 7) is 1.94. The molecule has 0 aliphatic carbocycles. The first-order valence-corrected chi connectivity index (χ1v) is 4.91. The summed E-state index contributed by atoms with van der Waals surface area (Å²) in [4.78, 5) is 11.2. The molecule has 0 radical (unpaired) electrons. The van der Waals surface area contributed by atoms with E-state index in [0.717, 1.165) is 5.56 Å². The molecule has 1 amide bonds. The summed E-state index contributed by atoms with van der Waals surface area (Å²) < 4.78 is 3.30. The highest BCUT2D eigenvalue weighted by Gasteiger charge is 2.16. The summed E-state index contributed by atoms with van der Waals surface area (Å²) in [6.07, 6.45) is 5.20. The van der Waals surface area contributed by atoms with Crippen molar-refractivity contribution in [3.05, 3.63) is 35.9 Å². The van der Waals surface area contributed by atoms with Crippen LogP contribution < -0.4 is 5.73 Å². The third-order valence-electron chi connectivity index (χ3n) is 2.50. The molecule has 1 atom stereocenters. The fourth-order valence-corrected chi connectivity index (χ4v) is 1.62. The number of amides is 1. The zero-order chi connectivity index (χ0) is 11.7. The molecule has 1 unspecified atom stereocenters. The van der Waals surface area contributed by atoms with E-state index in [0.29, 0.717) is 5.69 Å².